The number of sulfonamides is 1. The molecular formula is C23H25F3N6O3S. The molecule has 36 heavy (non-hydrogen) atoms. The summed E-state index contributed by atoms with van der Waals surface area (Å²) in [5.74, 6) is 0.488. The quantitative estimate of drug-likeness (QED) is 0.560. The molecule has 1 aliphatic carbocycles. The minimum Gasteiger partial charge on any atom is -0.346 e. The van der Waals surface area contributed by atoms with Crippen LogP contribution in [0.25, 0.3) is 16.6 Å². The lowest BCUT2D eigenvalue weighted by Crippen LogP contribution is -2.72. The standard InChI is InChI=1S/C23H25F3N6O3S/c1-15-11-30(22(6-7-27)12-31(13-22)36(34,35)23(24,25)26)9-5-17(15)19-10-20(32(14-33)16-2-3-16)29-21-18(19)4-8-28-21/h4-5,8,10,14-16H,2-3,6,9,11-13H2,1H3,(H,28,29)/t15-/m1/s1. The summed E-state index contributed by atoms with van der Waals surface area (Å²) < 4.78 is 63.1. The van der Waals surface area contributed by atoms with E-state index in [9.17, 15) is 31.6 Å². The zero-order chi connectivity index (χ0) is 25.9. The smallest absolute Gasteiger partial charge is 0.346 e. The molecule has 2 aliphatic heterocycles. The van der Waals surface area contributed by atoms with Gasteiger partial charge >= 0.3 is 15.5 Å². The van der Waals surface area contributed by atoms with Gasteiger partial charge in [0.05, 0.1) is 18.0 Å². The fraction of sp³-hybridized carbons (Fsp3) is 0.522. The molecule has 1 saturated carbocycles. The molecule has 0 unspecified atom stereocenters. The third-order valence-electron chi connectivity index (χ3n) is 7.35. The summed E-state index contributed by atoms with van der Waals surface area (Å²) >= 11 is 0. The Labute approximate surface area is 206 Å². The van der Waals surface area contributed by atoms with E-state index >= 15 is 0 Å². The van der Waals surface area contributed by atoms with Crippen molar-refractivity contribution < 1.29 is 26.4 Å². The van der Waals surface area contributed by atoms with Crippen molar-refractivity contribution >= 4 is 38.9 Å². The average Bonchev–Trinajstić information content (AvgIpc) is 3.50. The van der Waals surface area contributed by atoms with Crippen molar-refractivity contribution in [2.75, 3.05) is 31.1 Å². The lowest BCUT2D eigenvalue weighted by molar-refractivity contribution is -0.107. The van der Waals surface area contributed by atoms with E-state index in [1.165, 1.54) is 0 Å². The number of nitriles is 1. The maximum atomic E-state index is 13.0. The van der Waals surface area contributed by atoms with Gasteiger partial charge in [-0.2, -0.15) is 22.7 Å². The molecule has 4 heterocycles. The van der Waals surface area contributed by atoms with Crippen LogP contribution in [0.1, 0.15) is 31.7 Å². The summed E-state index contributed by atoms with van der Waals surface area (Å²) in [6, 6.07) is 5.97. The second kappa shape index (κ2) is 8.57. The van der Waals surface area contributed by atoms with Gasteiger partial charge < -0.3 is 4.98 Å². The number of pyridine rings is 1. The molecular weight excluding hydrogens is 497 g/mol. The Kier molecular flexibility index (Phi) is 5.89. The number of anilines is 1. The van der Waals surface area contributed by atoms with Crippen molar-refractivity contribution in [3.8, 4) is 6.07 Å². The van der Waals surface area contributed by atoms with Crippen LogP contribution >= 0.6 is 0 Å². The highest BCUT2D eigenvalue weighted by atomic mass is 32.2. The van der Waals surface area contributed by atoms with Gasteiger partial charge in [-0.1, -0.05) is 13.0 Å². The van der Waals surface area contributed by atoms with E-state index < -0.39 is 21.1 Å². The third-order valence-corrected chi connectivity index (χ3v) is 8.88. The molecule has 5 rings (SSSR count). The Morgan fingerprint density at radius 3 is 2.67 bits per heavy atom. The minimum atomic E-state index is -5.43. The van der Waals surface area contributed by atoms with Gasteiger partial charge in [-0.25, -0.2) is 13.4 Å². The lowest BCUT2D eigenvalue weighted by atomic mass is 9.82. The molecule has 2 fully saturated rings. The number of halogens is 3. The van der Waals surface area contributed by atoms with Crippen molar-refractivity contribution in [3.63, 3.8) is 0 Å². The fourth-order valence-corrected chi connectivity index (χ4v) is 6.36. The van der Waals surface area contributed by atoms with Gasteiger partial charge in [0.25, 0.3) is 0 Å². The number of aromatic amines is 1. The highest BCUT2D eigenvalue weighted by molar-refractivity contribution is 7.90. The average molecular weight is 523 g/mol. The maximum Gasteiger partial charge on any atom is 0.511 e. The number of hydrogen-bond acceptors (Lipinski definition) is 6. The molecule has 0 aromatic carbocycles. The van der Waals surface area contributed by atoms with Gasteiger partial charge in [0, 0.05) is 43.8 Å². The van der Waals surface area contributed by atoms with Crippen molar-refractivity contribution in [2.24, 2.45) is 5.92 Å². The Morgan fingerprint density at radius 2 is 2.08 bits per heavy atom. The molecule has 192 valence electrons. The summed E-state index contributed by atoms with van der Waals surface area (Å²) in [4.78, 5) is 23.0. The Hall–Kier alpha value is -2.95. The van der Waals surface area contributed by atoms with Crippen LogP contribution in [0.2, 0.25) is 0 Å². The van der Waals surface area contributed by atoms with Crippen molar-refractivity contribution in [1.29, 1.82) is 5.26 Å². The topological polar surface area (TPSA) is 113 Å². The molecule has 1 amide bonds. The maximum absolute atomic E-state index is 13.0. The largest absolute Gasteiger partial charge is 0.511 e. The number of carbonyl (C=O) groups excluding carboxylic acids is 1. The number of amides is 1. The predicted octanol–water partition coefficient (Wildman–Crippen LogP) is 2.84. The van der Waals surface area contributed by atoms with Gasteiger partial charge in [-0.15, -0.1) is 0 Å². The lowest BCUT2D eigenvalue weighted by Gasteiger charge is -2.55. The molecule has 1 saturated heterocycles. The van der Waals surface area contributed by atoms with E-state index in [4.69, 9.17) is 0 Å². The van der Waals surface area contributed by atoms with Crippen LogP contribution in [0, 0.1) is 17.2 Å². The first-order valence-corrected chi connectivity index (χ1v) is 13.1. The van der Waals surface area contributed by atoms with Gasteiger partial charge in [0.2, 0.25) is 6.41 Å². The minimum absolute atomic E-state index is 0.0680. The Balaban J connectivity index is 1.44. The molecule has 0 spiro atoms. The van der Waals surface area contributed by atoms with Crippen molar-refractivity contribution in [3.05, 3.63) is 30.0 Å². The normalized spacial score (nSPS) is 23.1. The third kappa shape index (κ3) is 3.97. The van der Waals surface area contributed by atoms with Crippen LogP contribution in [0.15, 0.2) is 24.4 Å². The second-order valence-electron chi connectivity index (χ2n) is 9.76. The number of nitrogens with zero attached hydrogens (tertiary/aromatic N) is 5. The molecule has 9 nitrogen and oxygen atoms in total. The highest BCUT2D eigenvalue weighted by Crippen LogP contribution is 2.42. The van der Waals surface area contributed by atoms with Crippen LogP contribution in [0.4, 0.5) is 19.0 Å². The Morgan fingerprint density at radius 1 is 1.36 bits per heavy atom. The van der Waals surface area contributed by atoms with Gasteiger partial charge in [0.15, 0.2) is 0 Å². The predicted molar refractivity (Wildman–Crippen MR) is 126 cm³/mol. The summed E-state index contributed by atoms with van der Waals surface area (Å²) in [5, 5.41) is 10.3. The van der Waals surface area contributed by atoms with E-state index in [-0.39, 0.29) is 31.5 Å². The van der Waals surface area contributed by atoms with Crippen molar-refractivity contribution in [1.82, 2.24) is 19.2 Å². The second-order valence-corrected chi connectivity index (χ2v) is 11.7. The summed E-state index contributed by atoms with van der Waals surface area (Å²) in [6.45, 7) is 2.02. The number of hydrogen-bond donors (Lipinski definition) is 1. The van der Waals surface area contributed by atoms with Crippen LogP contribution in [-0.2, 0) is 14.8 Å². The van der Waals surface area contributed by atoms with E-state index in [0.29, 0.717) is 28.9 Å². The number of alkyl halides is 3. The molecule has 3 aliphatic rings. The van der Waals surface area contributed by atoms with Crippen molar-refractivity contribution in [2.45, 2.75) is 43.3 Å². The first-order valence-electron chi connectivity index (χ1n) is 11.6. The van der Waals surface area contributed by atoms with E-state index in [1.54, 1.807) is 11.1 Å². The molecule has 0 bridgehead atoms. The molecule has 1 atom stereocenters. The van der Waals surface area contributed by atoms with Crippen LogP contribution < -0.4 is 4.90 Å². The van der Waals surface area contributed by atoms with E-state index in [2.05, 4.69) is 9.97 Å². The highest BCUT2D eigenvalue weighted by Gasteiger charge is 2.59. The zero-order valence-electron chi connectivity index (χ0n) is 19.5. The van der Waals surface area contributed by atoms with Gasteiger partial charge in [0.1, 0.15) is 11.5 Å². The molecule has 1 N–H and O–H groups in total. The molecule has 2 aromatic heterocycles. The number of H-pyrrole nitrogens is 1. The first-order chi connectivity index (χ1) is 17.0. The van der Waals surface area contributed by atoms with Gasteiger partial charge in [-0.05, 0) is 42.0 Å². The number of fused-ring (bicyclic) bond motifs is 1. The fourth-order valence-electron chi connectivity index (χ4n) is 5.25. The van der Waals surface area contributed by atoms with E-state index in [1.807, 2.05) is 36.1 Å². The Bertz CT molecular complexity index is 1370. The number of nitrogens with one attached hydrogen (secondary N) is 1. The van der Waals surface area contributed by atoms with Crippen LogP contribution in [-0.4, -0.2) is 77.3 Å². The van der Waals surface area contributed by atoms with Crippen LogP contribution in [0.5, 0.6) is 0 Å². The SMILES string of the molecule is C[C@@H]1CN(C2(CC#N)CN(S(=O)(=O)C(F)(F)F)C2)CC=C1c1cc(N(C=O)C2CC2)nc2[nH]ccc12. The zero-order valence-corrected chi connectivity index (χ0v) is 20.3. The number of rotatable bonds is 7. The number of aromatic nitrogens is 2. The van der Waals surface area contributed by atoms with Crippen LogP contribution in [0.3, 0.4) is 0 Å². The summed E-state index contributed by atoms with van der Waals surface area (Å²) in [6.07, 6.45) is 6.32. The monoisotopic (exact) mass is 522 g/mol. The molecule has 2 aromatic rings. The summed E-state index contributed by atoms with van der Waals surface area (Å²) in [7, 11) is -5.43. The number of carbonyl (C=O) groups is 1. The molecule has 13 heteroatoms. The summed E-state index contributed by atoms with van der Waals surface area (Å²) in [5.41, 5.74) is -3.77. The van der Waals surface area contributed by atoms with Gasteiger partial charge in [-0.3, -0.25) is 14.6 Å². The molecule has 0 radical (unpaired) electrons. The van der Waals surface area contributed by atoms with E-state index in [0.717, 1.165) is 35.8 Å². The first kappa shape index (κ1) is 24.7.